The Bertz CT molecular complexity index is 937. The molecule has 0 heterocycles. The lowest BCUT2D eigenvalue weighted by Crippen LogP contribution is -2.15. The number of hydrogen-bond acceptors (Lipinski definition) is 4. The first kappa shape index (κ1) is 18.9. The fourth-order valence-corrected chi connectivity index (χ4v) is 7.93. The molecule has 28 heavy (non-hydrogen) atoms. The van der Waals surface area contributed by atoms with Crippen LogP contribution in [0.2, 0.25) is 0 Å². The maximum atomic E-state index is 10.1. The van der Waals surface area contributed by atoms with E-state index in [2.05, 4.69) is 44.0 Å². The molecule has 0 aromatic heterocycles. The molecule has 0 amide bonds. The molecule has 2 aromatic carbocycles. The van der Waals surface area contributed by atoms with E-state index < -0.39 is 0 Å². The zero-order valence-electron chi connectivity index (χ0n) is 15.3. The molecule has 4 nitrogen and oxygen atoms in total. The standard InChI is InChI=1S/2C11H12BrNO/c12-7-4-6-9-5(10(7)11(6)14)2-1-3-8(9)13;12-7-4-6-5-2-1-3-8(13)9(5)10(7)11(6)14/h2*1-3,6-7,10-11,14H,4,13H2. The fraction of sp³-hybridized carbons (Fsp3) is 0.455. The van der Waals surface area contributed by atoms with Crippen molar-refractivity contribution in [3.8, 4) is 0 Å². The first-order chi connectivity index (χ1) is 13.4. The molecular formula is C22H24Br2N2O2. The first-order valence-electron chi connectivity index (χ1n) is 9.81. The molecule has 2 fully saturated rings. The van der Waals surface area contributed by atoms with Crippen molar-refractivity contribution >= 4 is 43.2 Å². The van der Waals surface area contributed by atoms with E-state index in [1.54, 1.807) is 0 Å². The fourth-order valence-electron chi connectivity index (χ4n) is 5.95. The highest BCUT2D eigenvalue weighted by atomic mass is 79.9. The van der Waals surface area contributed by atoms with Gasteiger partial charge in [-0.3, -0.25) is 0 Å². The van der Waals surface area contributed by atoms with Crippen LogP contribution in [0.3, 0.4) is 0 Å². The van der Waals surface area contributed by atoms with Crippen molar-refractivity contribution in [3.63, 3.8) is 0 Å². The lowest BCUT2D eigenvalue weighted by molar-refractivity contribution is 0.160. The van der Waals surface area contributed by atoms with Gasteiger partial charge in [-0.25, -0.2) is 0 Å². The van der Waals surface area contributed by atoms with Gasteiger partial charge >= 0.3 is 0 Å². The monoisotopic (exact) mass is 506 g/mol. The average Bonchev–Trinajstić information content (AvgIpc) is 3.30. The number of benzene rings is 2. The molecule has 2 aromatic rings. The molecular weight excluding hydrogens is 484 g/mol. The van der Waals surface area contributed by atoms with Gasteiger partial charge in [0.15, 0.2) is 0 Å². The summed E-state index contributed by atoms with van der Waals surface area (Å²) in [5, 5.41) is 20.1. The third-order valence-electron chi connectivity index (χ3n) is 7.11. The quantitative estimate of drug-likeness (QED) is 0.321. The van der Waals surface area contributed by atoms with Gasteiger partial charge < -0.3 is 21.7 Å². The van der Waals surface area contributed by atoms with Crippen LogP contribution in [0.4, 0.5) is 11.4 Å². The zero-order chi connectivity index (χ0) is 19.7. The van der Waals surface area contributed by atoms with E-state index in [1.165, 1.54) is 22.3 Å². The van der Waals surface area contributed by atoms with E-state index >= 15 is 0 Å². The molecule has 0 saturated heterocycles. The molecule has 6 rings (SSSR count). The van der Waals surface area contributed by atoms with Gasteiger partial charge in [0.2, 0.25) is 0 Å². The predicted molar refractivity (Wildman–Crippen MR) is 119 cm³/mol. The van der Waals surface area contributed by atoms with Gasteiger partial charge in [0.05, 0.1) is 12.2 Å². The van der Waals surface area contributed by atoms with Crippen molar-refractivity contribution in [3.05, 3.63) is 58.7 Å². The molecule has 4 aliphatic rings. The number of rotatable bonds is 0. The minimum atomic E-state index is -0.237. The summed E-state index contributed by atoms with van der Waals surface area (Å²) in [5.74, 6) is 0.998. The Morgan fingerprint density at radius 1 is 0.714 bits per heavy atom. The van der Waals surface area contributed by atoms with E-state index in [1.807, 2.05) is 24.3 Å². The van der Waals surface area contributed by atoms with Crippen LogP contribution in [0.15, 0.2) is 36.4 Å². The van der Waals surface area contributed by atoms with Crippen LogP contribution in [0.1, 0.15) is 58.8 Å². The Morgan fingerprint density at radius 3 is 1.96 bits per heavy atom. The van der Waals surface area contributed by atoms with Crippen LogP contribution >= 0.6 is 31.9 Å². The maximum absolute atomic E-state index is 10.1. The van der Waals surface area contributed by atoms with Gasteiger partial charge in [-0.2, -0.15) is 0 Å². The molecule has 6 heteroatoms. The van der Waals surface area contributed by atoms with Crippen LogP contribution in [-0.4, -0.2) is 32.1 Å². The number of alkyl halides is 2. The second-order valence-corrected chi connectivity index (χ2v) is 10.8. The summed E-state index contributed by atoms with van der Waals surface area (Å²) in [6, 6.07) is 12.0. The number of nitrogen functional groups attached to an aromatic ring is 2. The van der Waals surface area contributed by atoms with E-state index in [-0.39, 0.29) is 30.0 Å². The van der Waals surface area contributed by atoms with E-state index in [4.69, 9.17) is 11.5 Å². The maximum Gasteiger partial charge on any atom is 0.0689 e. The number of aliphatic hydroxyl groups is 2. The summed E-state index contributed by atoms with van der Waals surface area (Å²) in [4.78, 5) is 0.802. The number of hydrogen-bond donors (Lipinski definition) is 4. The van der Waals surface area contributed by atoms with E-state index in [9.17, 15) is 10.2 Å². The van der Waals surface area contributed by atoms with Gasteiger partial charge in [-0.1, -0.05) is 56.1 Å². The summed E-state index contributed by atoms with van der Waals surface area (Å²) >= 11 is 7.25. The number of anilines is 2. The van der Waals surface area contributed by atoms with E-state index in [0.717, 1.165) is 24.2 Å². The van der Waals surface area contributed by atoms with Crippen LogP contribution in [-0.2, 0) is 0 Å². The van der Waals surface area contributed by atoms with Gasteiger partial charge in [0.25, 0.3) is 0 Å². The van der Waals surface area contributed by atoms with Crippen molar-refractivity contribution < 1.29 is 10.2 Å². The van der Waals surface area contributed by atoms with Gasteiger partial charge in [0.1, 0.15) is 0 Å². The number of nitrogens with two attached hydrogens (primary N) is 2. The third-order valence-corrected chi connectivity index (χ3v) is 8.99. The molecule has 4 bridgehead atoms. The SMILES string of the molecule is Nc1cccc2c1C1C(Br)CC2C1O.Nc1cccc2c1C1CC(Br)C2C1O. The lowest BCUT2D eigenvalue weighted by Gasteiger charge is -2.20. The summed E-state index contributed by atoms with van der Waals surface area (Å²) in [6.45, 7) is 0. The Balaban J connectivity index is 0.000000122. The van der Waals surface area contributed by atoms with E-state index in [0.29, 0.717) is 15.6 Å². The molecule has 8 atom stereocenters. The van der Waals surface area contributed by atoms with Crippen LogP contribution < -0.4 is 11.5 Å². The summed E-state index contributed by atoms with van der Waals surface area (Å²) in [5.41, 5.74) is 18.4. The Hall–Kier alpha value is -1.08. The molecule has 6 N–H and O–H groups in total. The summed E-state index contributed by atoms with van der Waals surface area (Å²) in [6.07, 6.45) is 1.56. The number of halogens is 2. The lowest BCUT2D eigenvalue weighted by atomic mass is 9.90. The zero-order valence-corrected chi connectivity index (χ0v) is 18.5. The van der Waals surface area contributed by atoms with Crippen LogP contribution in [0, 0.1) is 0 Å². The van der Waals surface area contributed by atoms with Crippen molar-refractivity contribution in [1.82, 2.24) is 0 Å². The summed E-state index contributed by atoms with van der Waals surface area (Å²) < 4.78 is 0. The molecule has 148 valence electrons. The van der Waals surface area contributed by atoms with Crippen LogP contribution in [0.5, 0.6) is 0 Å². The Morgan fingerprint density at radius 2 is 1.25 bits per heavy atom. The Kier molecular flexibility index (Phi) is 4.54. The predicted octanol–water partition coefficient (Wildman–Crippen LogP) is 3.96. The molecule has 0 radical (unpaired) electrons. The number of fused-ring (bicyclic) bond motifs is 10. The van der Waals surface area contributed by atoms with Crippen LogP contribution in [0.25, 0.3) is 0 Å². The Labute approximate surface area is 181 Å². The highest BCUT2D eigenvalue weighted by Crippen LogP contribution is 2.58. The highest BCUT2D eigenvalue weighted by Gasteiger charge is 2.51. The van der Waals surface area contributed by atoms with Gasteiger partial charge in [0, 0.05) is 44.7 Å². The molecule has 8 unspecified atom stereocenters. The highest BCUT2D eigenvalue weighted by molar-refractivity contribution is 9.09. The van der Waals surface area contributed by atoms with Crippen molar-refractivity contribution in [1.29, 1.82) is 0 Å². The van der Waals surface area contributed by atoms with Crippen molar-refractivity contribution in [2.24, 2.45) is 0 Å². The second kappa shape index (κ2) is 6.73. The number of aliphatic hydroxyl groups excluding tert-OH is 2. The van der Waals surface area contributed by atoms with Gasteiger partial charge in [-0.05, 0) is 47.2 Å². The molecule has 4 aliphatic carbocycles. The normalized spacial score (nSPS) is 38.7. The van der Waals surface area contributed by atoms with Crippen molar-refractivity contribution in [2.45, 2.75) is 58.4 Å². The minimum Gasteiger partial charge on any atom is -0.398 e. The van der Waals surface area contributed by atoms with Gasteiger partial charge in [-0.15, -0.1) is 0 Å². The topological polar surface area (TPSA) is 92.5 Å². The largest absolute Gasteiger partial charge is 0.398 e. The van der Waals surface area contributed by atoms with Crippen molar-refractivity contribution in [2.75, 3.05) is 11.5 Å². The molecule has 2 saturated carbocycles. The average molecular weight is 508 g/mol. The first-order valence-corrected chi connectivity index (χ1v) is 11.6. The smallest absolute Gasteiger partial charge is 0.0689 e. The summed E-state index contributed by atoms with van der Waals surface area (Å²) in [7, 11) is 0. The second-order valence-electron chi connectivity index (χ2n) is 8.45. The molecule has 0 spiro atoms. The molecule has 0 aliphatic heterocycles. The third kappa shape index (κ3) is 2.54. The minimum absolute atomic E-state index is 0.205.